The first-order valence-corrected chi connectivity index (χ1v) is 4.08. The van der Waals surface area contributed by atoms with Crippen LogP contribution in [-0.4, -0.2) is 6.54 Å². The first-order chi connectivity index (χ1) is 5.70. The molecule has 2 heteroatoms. The minimum absolute atomic E-state index is 0.415. The number of nitrogens with two attached hydrogens (primary N) is 1. The Morgan fingerprint density at radius 3 is 2.58 bits per heavy atom. The quantitative estimate of drug-likeness (QED) is 0.629. The van der Waals surface area contributed by atoms with Crippen LogP contribution in [0.1, 0.15) is 19.8 Å². The lowest BCUT2D eigenvalue weighted by atomic mass is 10.1. The van der Waals surface area contributed by atoms with Gasteiger partial charge in [0, 0.05) is 0 Å². The van der Waals surface area contributed by atoms with Crippen molar-refractivity contribution in [3.63, 3.8) is 0 Å². The van der Waals surface area contributed by atoms with Crippen LogP contribution >= 0.6 is 0 Å². The van der Waals surface area contributed by atoms with E-state index in [-0.39, 0.29) is 0 Å². The zero-order valence-electron chi connectivity index (χ0n) is 7.52. The first kappa shape index (κ1) is 11.1. The summed E-state index contributed by atoms with van der Waals surface area (Å²) in [5.74, 6) is -0.415. The van der Waals surface area contributed by atoms with Gasteiger partial charge in [-0.25, -0.2) is 4.39 Å². The molecule has 12 heavy (non-hydrogen) atoms. The second-order valence-corrected chi connectivity index (χ2v) is 2.54. The topological polar surface area (TPSA) is 26.0 Å². The predicted molar refractivity (Wildman–Crippen MR) is 51.4 cm³/mol. The highest BCUT2D eigenvalue weighted by Crippen LogP contribution is 2.07. The molecule has 0 radical (unpaired) electrons. The van der Waals surface area contributed by atoms with E-state index in [1.807, 2.05) is 13.0 Å². The van der Waals surface area contributed by atoms with Crippen LogP contribution in [0.3, 0.4) is 0 Å². The lowest BCUT2D eigenvalue weighted by molar-refractivity contribution is 0.671. The maximum absolute atomic E-state index is 12.2. The number of allylic oxidation sites excluding steroid dienone is 5. The summed E-state index contributed by atoms with van der Waals surface area (Å²) < 4.78 is 12.2. The number of halogens is 1. The maximum atomic E-state index is 12.2. The highest BCUT2D eigenvalue weighted by molar-refractivity contribution is 5.22. The summed E-state index contributed by atoms with van der Waals surface area (Å²) in [6, 6.07) is 0. The second-order valence-electron chi connectivity index (χ2n) is 2.54. The van der Waals surface area contributed by atoms with Gasteiger partial charge in [-0.05, 0) is 32.4 Å². The second kappa shape index (κ2) is 6.80. The average Bonchev–Trinajstić information content (AvgIpc) is 2.05. The van der Waals surface area contributed by atoms with Crippen molar-refractivity contribution in [2.75, 3.05) is 6.54 Å². The molecule has 0 aliphatic heterocycles. The number of hydrogen-bond donors (Lipinski definition) is 1. The van der Waals surface area contributed by atoms with Gasteiger partial charge in [0.2, 0.25) is 0 Å². The van der Waals surface area contributed by atoms with E-state index in [9.17, 15) is 4.39 Å². The Morgan fingerprint density at radius 1 is 1.50 bits per heavy atom. The standard InChI is InChI=1S/C10H16FN/c1-3-10(5-4-8-12)7-6-9(2)11/h3,6-7H,2,4-5,8,12H2,1H3/b7-6-,10-3-. The fraction of sp³-hybridized carbons (Fsp3) is 0.400. The molecule has 0 aliphatic carbocycles. The van der Waals surface area contributed by atoms with E-state index in [4.69, 9.17) is 5.73 Å². The monoisotopic (exact) mass is 169 g/mol. The Balaban J connectivity index is 3.92. The van der Waals surface area contributed by atoms with Gasteiger partial charge in [0.1, 0.15) is 5.83 Å². The van der Waals surface area contributed by atoms with Crippen LogP contribution in [-0.2, 0) is 0 Å². The van der Waals surface area contributed by atoms with Gasteiger partial charge in [-0.2, -0.15) is 0 Å². The van der Waals surface area contributed by atoms with Crippen LogP contribution in [0, 0.1) is 0 Å². The molecular weight excluding hydrogens is 153 g/mol. The summed E-state index contributed by atoms with van der Waals surface area (Å²) in [7, 11) is 0. The zero-order chi connectivity index (χ0) is 9.40. The number of hydrogen-bond acceptors (Lipinski definition) is 1. The molecular formula is C10H16FN. The van der Waals surface area contributed by atoms with Gasteiger partial charge in [0.25, 0.3) is 0 Å². The molecule has 0 spiro atoms. The van der Waals surface area contributed by atoms with Gasteiger partial charge in [-0.1, -0.05) is 24.3 Å². The van der Waals surface area contributed by atoms with Crippen molar-refractivity contribution in [1.29, 1.82) is 0 Å². The van der Waals surface area contributed by atoms with E-state index in [2.05, 4.69) is 6.58 Å². The van der Waals surface area contributed by atoms with Crippen molar-refractivity contribution in [2.45, 2.75) is 19.8 Å². The Morgan fingerprint density at radius 2 is 2.17 bits per heavy atom. The van der Waals surface area contributed by atoms with Crippen molar-refractivity contribution in [1.82, 2.24) is 0 Å². The molecule has 0 rings (SSSR count). The summed E-state index contributed by atoms with van der Waals surface area (Å²) in [5, 5.41) is 0. The fourth-order valence-corrected chi connectivity index (χ4v) is 0.828. The van der Waals surface area contributed by atoms with Crippen molar-refractivity contribution >= 4 is 0 Å². The summed E-state index contributed by atoms with van der Waals surface area (Å²) in [4.78, 5) is 0. The molecule has 0 aliphatic rings. The van der Waals surface area contributed by atoms with Crippen molar-refractivity contribution in [3.05, 3.63) is 36.2 Å². The third-order valence-corrected chi connectivity index (χ3v) is 1.52. The molecule has 0 amide bonds. The average molecular weight is 169 g/mol. The van der Waals surface area contributed by atoms with Gasteiger partial charge >= 0.3 is 0 Å². The lowest BCUT2D eigenvalue weighted by Crippen LogP contribution is -1.98. The normalized spacial score (nSPS) is 12.4. The molecule has 0 aromatic carbocycles. The maximum Gasteiger partial charge on any atom is 0.116 e. The van der Waals surface area contributed by atoms with E-state index in [1.165, 1.54) is 6.08 Å². The molecule has 0 unspecified atom stereocenters. The number of rotatable bonds is 5. The smallest absolute Gasteiger partial charge is 0.116 e. The summed E-state index contributed by atoms with van der Waals surface area (Å²) >= 11 is 0. The SMILES string of the molecule is C=C(F)/C=C\C(=C/C)CCCN. The van der Waals surface area contributed by atoms with Crippen molar-refractivity contribution in [3.8, 4) is 0 Å². The van der Waals surface area contributed by atoms with E-state index in [0.717, 1.165) is 18.4 Å². The highest BCUT2D eigenvalue weighted by atomic mass is 19.1. The van der Waals surface area contributed by atoms with E-state index < -0.39 is 5.83 Å². The highest BCUT2D eigenvalue weighted by Gasteiger charge is 1.90. The third-order valence-electron chi connectivity index (χ3n) is 1.52. The molecule has 0 saturated carbocycles. The molecule has 0 fully saturated rings. The minimum Gasteiger partial charge on any atom is -0.330 e. The molecule has 0 aromatic heterocycles. The molecule has 68 valence electrons. The van der Waals surface area contributed by atoms with Crippen molar-refractivity contribution in [2.24, 2.45) is 5.73 Å². The van der Waals surface area contributed by atoms with Crippen LogP contribution in [0.25, 0.3) is 0 Å². The molecule has 2 N–H and O–H groups in total. The molecule has 0 saturated heterocycles. The third kappa shape index (κ3) is 5.86. The van der Waals surface area contributed by atoms with Gasteiger partial charge < -0.3 is 5.73 Å². The van der Waals surface area contributed by atoms with Gasteiger partial charge in [-0.15, -0.1) is 0 Å². The fourth-order valence-electron chi connectivity index (χ4n) is 0.828. The summed E-state index contributed by atoms with van der Waals surface area (Å²) in [6.07, 6.45) is 6.89. The Kier molecular flexibility index (Phi) is 6.29. The lowest BCUT2D eigenvalue weighted by Gasteiger charge is -1.98. The van der Waals surface area contributed by atoms with Gasteiger partial charge in [-0.3, -0.25) is 0 Å². The molecule has 1 nitrogen and oxygen atoms in total. The Bertz CT molecular complexity index is 192. The molecule has 0 atom stereocenters. The first-order valence-electron chi connectivity index (χ1n) is 4.08. The minimum atomic E-state index is -0.415. The van der Waals surface area contributed by atoms with Crippen molar-refractivity contribution < 1.29 is 4.39 Å². The largest absolute Gasteiger partial charge is 0.330 e. The van der Waals surface area contributed by atoms with E-state index in [0.29, 0.717) is 6.54 Å². The van der Waals surface area contributed by atoms with Gasteiger partial charge in [0.05, 0.1) is 0 Å². The molecule has 0 heterocycles. The van der Waals surface area contributed by atoms with E-state index >= 15 is 0 Å². The molecule has 0 bridgehead atoms. The van der Waals surface area contributed by atoms with Crippen LogP contribution < -0.4 is 5.73 Å². The Hall–Kier alpha value is -0.890. The summed E-state index contributed by atoms with van der Waals surface area (Å²) in [6.45, 7) is 5.73. The van der Waals surface area contributed by atoms with Crippen LogP contribution in [0.2, 0.25) is 0 Å². The summed E-state index contributed by atoms with van der Waals surface area (Å²) in [5.41, 5.74) is 6.44. The Labute approximate surface area is 73.5 Å². The van der Waals surface area contributed by atoms with Crippen LogP contribution in [0.15, 0.2) is 36.2 Å². The van der Waals surface area contributed by atoms with E-state index in [1.54, 1.807) is 6.08 Å². The van der Waals surface area contributed by atoms with Crippen LogP contribution in [0.5, 0.6) is 0 Å². The predicted octanol–water partition coefficient (Wildman–Crippen LogP) is 2.71. The van der Waals surface area contributed by atoms with Gasteiger partial charge in [0.15, 0.2) is 0 Å². The van der Waals surface area contributed by atoms with Crippen LogP contribution in [0.4, 0.5) is 4.39 Å². The molecule has 0 aromatic rings. The zero-order valence-corrected chi connectivity index (χ0v) is 7.52.